The van der Waals surface area contributed by atoms with Crippen LogP contribution in [0.15, 0.2) is 83.8 Å². The van der Waals surface area contributed by atoms with Gasteiger partial charge in [-0.2, -0.15) is 4.98 Å². The van der Waals surface area contributed by atoms with Gasteiger partial charge in [-0.25, -0.2) is 9.40 Å². The molecule has 0 aromatic carbocycles. The number of fused-ring (bicyclic) bond motifs is 8. The Labute approximate surface area is 338 Å². The van der Waals surface area contributed by atoms with Gasteiger partial charge in [0.25, 0.3) is 5.71 Å². The summed E-state index contributed by atoms with van der Waals surface area (Å²) in [5, 5.41) is 0. The molecule has 0 unspecified atom stereocenters. The minimum Gasteiger partial charge on any atom is -1.00 e. The molecule has 0 spiro atoms. The van der Waals surface area contributed by atoms with Crippen molar-refractivity contribution >= 4 is 44.6 Å². The Morgan fingerprint density at radius 2 is 0.815 bits per heavy atom. The number of nitrogens with zero attached hydrogens (tertiary/aromatic N) is 6. The summed E-state index contributed by atoms with van der Waals surface area (Å²) in [6.45, 7) is 17.7. The molecule has 0 N–H and O–H groups in total. The monoisotopic (exact) mass is 784 g/mol. The topological polar surface area (TPSA) is 91.1 Å². The second-order valence-electron chi connectivity index (χ2n) is 12.6. The molecule has 9 heteroatoms. The van der Waals surface area contributed by atoms with Gasteiger partial charge in [0.15, 0.2) is 0 Å². The van der Waals surface area contributed by atoms with E-state index >= 15 is 0 Å². The first-order chi connectivity index (χ1) is 25.5. The van der Waals surface area contributed by atoms with E-state index in [1.165, 1.54) is 44.5 Å². The normalized spacial score (nSPS) is 11.9. The van der Waals surface area contributed by atoms with E-state index in [1.807, 2.05) is 36.4 Å². The van der Waals surface area contributed by atoms with Gasteiger partial charge in [-0.1, -0.05) is 102 Å². The molecule has 7 nitrogen and oxygen atoms in total. The Morgan fingerprint density at radius 3 is 1.17 bits per heavy atom. The molecule has 0 saturated heterocycles. The molecule has 54 heavy (non-hydrogen) atoms. The van der Waals surface area contributed by atoms with Crippen molar-refractivity contribution in [2.75, 3.05) is 0 Å². The molecule has 7 heterocycles. The maximum Gasteiger partial charge on any atom is 2.00 e. The molecule has 0 amide bonds. The number of hydrogen-bond acceptors (Lipinski definition) is 4. The fourth-order valence-corrected chi connectivity index (χ4v) is 7.29. The van der Waals surface area contributed by atoms with E-state index in [2.05, 4.69) is 83.6 Å². The van der Waals surface area contributed by atoms with Crippen molar-refractivity contribution < 1.29 is 33.9 Å². The van der Waals surface area contributed by atoms with Crippen molar-refractivity contribution in [1.29, 1.82) is 0 Å². The molecule has 0 radical (unpaired) electrons. The fourth-order valence-electron chi connectivity index (χ4n) is 7.29. The first-order valence-corrected chi connectivity index (χ1v) is 19.1. The largest absolute Gasteiger partial charge is 2.00 e. The van der Waals surface area contributed by atoms with Crippen LogP contribution in [0.3, 0.4) is 0 Å². The number of pyridine rings is 2. The molecule has 0 aliphatic carbocycles. The van der Waals surface area contributed by atoms with Gasteiger partial charge in [0.05, 0.1) is 22.7 Å². The second-order valence-corrected chi connectivity index (χ2v) is 12.6. The van der Waals surface area contributed by atoms with E-state index < -0.39 is 0 Å². The number of allylic oxidation sites excluding steroid dienone is 4. The van der Waals surface area contributed by atoms with Gasteiger partial charge in [-0.15, -0.1) is 16.6 Å². The molecule has 5 aromatic heterocycles. The molecule has 0 fully saturated rings. The van der Waals surface area contributed by atoms with Crippen LogP contribution in [0.5, 0.6) is 0 Å². The first kappa shape index (κ1) is 44.0. The molecule has 0 saturated carbocycles. The van der Waals surface area contributed by atoms with Crippen molar-refractivity contribution in [2.45, 2.75) is 107 Å². The summed E-state index contributed by atoms with van der Waals surface area (Å²) < 4.78 is 6.64. The minimum absolute atomic E-state index is 0. The fraction of sp³-hybridized carbons (Fsp3) is 0.356. The number of hydrogen-bond donors (Lipinski definition) is 0. The molecule has 8 bridgehead atoms. The van der Waals surface area contributed by atoms with E-state index in [1.54, 1.807) is 24.8 Å². The first-order valence-electron chi connectivity index (χ1n) is 19.1. The molecule has 5 aromatic rings. The maximum absolute atomic E-state index is 6.64. The third-order valence-electron chi connectivity index (χ3n) is 9.73. The summed E-state index contributed by atoms with van der Waals surface area (Å²) in [5.74, 6) is 0.683. The van der Waals surface area contributed by atoms with Gasteiger partial charge in [0.1, 0.15) is 0 Å². The van der Waals surface area contributed by atoms with Gasteiger partial charge in [-0.3, -0.25) is 9.97 Å². The van der Waals surface area contributed by atoms with Gasteiger partial charge >= 0.3 is 23.0 Å². The Bertz CT molecular complexity index is 1870. The average molecular weight is 785 g/mol. The molecule has 284 valence electrons. The predicted octanol–water partition coefficient (Wildman–Crippen LogP) is 8.32. The Balaban J connectivity index is 0.000000475. The molecule has 2 aliphatic heterocycles. The predicted molar refractivity (Wildman–Crippen MR) is 216 cm³/mol. The smallest absolute Gasteiger partial charge is 1.00 e. The van der Waals surface area contributed by atoms with Crippen molar-refractivity contribution in [1.82, 2.24) is 29.9 Å². The van der Waals surface area contributed by atoms with Crippen LogP contribution in [0.25, 0.3) is 44.6 Å². The third-order valence-corrected chi connectivity index (χ3v) is 9.73. The van der Waals surface area contributed by atoms with E-state index in [-0.39, 0.29) is 29.5 Å². The zero-order valence-electron chi connectivity index (χ0n) is 33.0. The summed E-state index contributed by atoms with van der Waals surface area (Å²) in [7, 11) is 0. The second kappa shape index (κ2) is 21.5. The van der Waals surface area contributed by atoms with Crippen molar-refractivity contribution in [3.8, 4) is 0 Å². The van der Waals surface area contributed by atoms with E-state index in [0.29, 0.717) is 11.6 Å². The minimum atomic E-state index is 0. The molecular weight excluding hydrogens is 732 g/mol. The number of aryl methyl sites for hydroxylation is 4. The third kappa shape index (κ3) is 9.65. The van der Waals surface area contributed by atoms with Crippen molar-refractivity contribution in [2.24, 2.45) is 0 Å². The van der Waals surface area contributed by atoms with Crippen molar-refractivity contribution in [3.63, 3.8) is 0 Å². The molecule has 2 aliphatic rings. The van der Waals surface area contributed by atoms with Crippen LogP contribution in [-0.4, -0.2) is 19.9 Å². The van der Waals surface area contributed by atoms with Crippen molar-refractivity contribution in [3.05, 3.63) is 125 Å². The van der Waals surface area contributed by atoms with Gasteiger partial charge in [-0.05, 0) is 92.4 Å². The Hall–Kier alpha value is -4.36. The summed E-state index contributed by atoms with van der Waals surface area (Å²) >= 11 is 0. The number of aromatic nitrogens is 6. The van der Waals surface area contributed by atoms with Crippen LogP contribution in [0.2, 0.25) is 0 Å². The van der Waals surface area contributed by atoms with Crippen LogP contribution >= 0.6 is 0 Å². The quantitative estimate of drug-likeness (QED) is 0.116. The van der Waals surface area contributed by atoms with Crippen LogP contribution in [0, 0.1) is 0 Å². The summed E-state index contributed by atoms with van der Waals surface area (Å²) in [6, 6.07) is 18.0. The van der Waals surface area contributed by atoms with Gasteiger partial charge in [0, 0.05) is 30.4 Å². The number of rotatable bonds is 8. The number of halogens is 1. The van der Waals surface area contributed by atoms with Gasteiger partial charge in [0.2, 0.25) is 0 Å². The Kier molecular flexibility index (Phi) is 17.5. The summed E-state index contributed by atoms with van der Waals surface area (Å²) in [4.78, 5) is 28.2. The standard InChI is InChI=1S/C35H43N4O.2C5H5N.ClH.Fe/c1-9-20-22(11-3)30-18-32-24(13-5)26(15-7)34(38-32)40-35-27(16-8)25(14-6)33(39-35)19-31-23(12-4)21(10-2)29(37-31)17-28(20)36-30;2*1-2-4-6-5-3-1;;/h17-19H,9-16H2,1-8H3;2*1-5H;1H;/q-1;;;;+2/p-1. The van der Waals surface area contributed by atoms with E-state index in [9.17, 15) is 0 Å². The summed E-state index contributed by atoms with van der Waals surface area (Å²) in [6.07, 6.45) is 14.2. The maximum atomic E-state index is 6.64. The Morgan fingerprint density at radius 1 is 0.444 bits per heavy atom. The van der Waals surface area contributed by atoms with E-state index in [4.69, 9.17) is 24.4 Å². The molecule has 7 rings (SSSR count). The molecule has 0 atom stereocenters. The van der Waals surface area contributed by atoms with Crippen LogP contribution in [0.1, 0.15) is 126 Å². The zero-order chi connectivity index (χ0) is 37.0. The van der Waals surface area contributed by atoms with Gasteiger partial charge < -0.3 is 22.4 Å². The van der Waals surface area contributed by atoms with Crippen LogP contribution < -0.4 is 22.4 Å². The molecular formula is C45H53ClFeN6O. The SMILES string of the molecule is CCC1=C(CC)c2cc3[n-]c([o+]c4nc(cc5[n-]c(cc1n2)c(CC)c5CC)C(CC)=C4CC)c(CC)c3CC.[Cl-].[Fe+2].c1ccncc1.c1ccncc1. The van der Waals surface area contributed by atoms with E-state index in [0.717, 1.165) is 85.0 Å². The zero-order valence-corrected chi connectivity index (χ0v) is 34.8. The summed E-state index contributed by atoms with van der Waals surface area (Å²) in [5.41, 5.74) is 16.8. The van der Waals surface area contributed by atoms with Crippen LogP contribution in [-0.2, 0) is 42.8 Å². The van der Waals surface area contributed by atoms with Crippen LogP contribution in [0.4, 0.5) is 0 Å². The average Bonchev–Trinajstić information content (AvgIpc) is 3.91.